The molecule has 166 valence electrons. The van der Waals surface area contributed by atoms with Crippen molar-refractivity contribution < 1.29 is 9.18 Å². The summed E-state index contributed by atoms with van der Waals surface area (Å²) in [7, 11) is 1.80. The van der Waals surface area contributed by atoms with Gasteiger partial charge in [-0.2, -0.15) is 4.98 Å². The van der Waals surface area contributed by atoms with Gasteiger partial charge >= 0.3 is 6.03 Å². The molecule has 2 aromatic heterocycles. The predicted molar refractivity (Wildman–Crippen MR) is 120 cm³/mol. The largest absolute Gasteiger partial charge is 0.346 e. The van der Waals surface area contributed by atoms with Gasteiger partial charge in [0.1, 0.15) is 16.8 Å². The van der Waals surface area contributed by atoms with E-state index in [0.717, 1.165) is 24.2 Å². The Hall–Kier alpha value is -3.20. The van der Waals surface area contributed by atoms with Gasteiger partial charge in [-0.1, -0.05) is 11.6 Å². The molecule has 1 aliphatic heterocycles. The maximum absolute atomic E-state index is 13.2. The molecule has 1 aliphatic carbocycles. The van der Waals surface area contributed by atoms with Crippen LogP contribution in [0.3, 0.4) is 0 Å². The van der Waals surface area contributed by atoms with Crippen LogP contribution in [0.4, 0.5) is 21.0 Å². The number of halogens is 2. The summed E-state index contributed by atoms with van der Waals surface area (Å²) in [5.74, 6) is 1.05. The van der Waals surface area contributed by atoms with Crippen molar-refractivity contribution >= 4 is 29.4 Å². The molecule has 0 radical (unpaired) electrons. The molecule has 2 atom stereocenters. The van der Waals surface area contributed by atoms with Crippen molar-refractivity contribution in [2.24, 2.45) is 5.92 Å². The van der Waals surface area contributed by atoms with Gasteiger partial charge in [0.15, 0.2) is 0 Å². The van der Waals surface area contributed by atoms with Crippen LogP contribution >= 0.6 is 11.6 Å². The Morgan fingerprint density at radius 3 is 2.69 bits per heavy atom. The second-order valence-electron chi connectivity index (χ2n) is 8.36. The lowest BCUT2D eigenvalue weighted by Crippen LogP contribution is -2.36. The summed E-state index contributed by atoms with van der Waals surface area (Å²) in [6.45, 7) is 2.62. The maximum Gasteiger partial charge on any atom is 0.325 e. The van der Waals surface area contributed by atoms with Crippen LogP contribution in [0.15, 0.2) is 42.9 Å². The van der Waals surface area contributed by atoms with Crippen LogP contribution in [0.2, 0.25) is 5.15 Å². The number of likely N-dealkylation sites (N-methyl/N-ethyl adjacent to an activating group) is 1. The van der Waals surface area contributed by atoms with Crippen LogP contribution in [0.25, 0.3) is 5.69 Å². The summed E-state index contributed by atoms with van der Waals surface area (Å²) in [5, 5.41) is 3.49. The number of benzene rings is 1. The molecule has 1 aromatic carbocycles. The van der Waals surface area contributed by atoms with Gasteiger partial charge in [0, 0.05) is 31.5 Å². The third-order valence-corrected chi connectivity index (χ3v) is 6.13. The van der Waals surface area contributed by atoms with Crippen LogP contribution < -0.4 is 10.2 Å². The van der Waals surface area contributed by atoms with E-state index in [1.165, 1.54) is 12.1 Å². The number of hydrogen-bond donors (Lipinski definition) is 1. The summed E-state index contributed by atoms with van der Waals surface area (Å²) in [4.78, 5) is 29.6. The molecule has 2 amide bonds. The zero-order valence-corrected chi connectivity index (χ0v) is 18.5. The molecule has 0 bridgehead atoms. The summed E-state index contributed by atoms with van der Waals surface area (Å²) in [5.41, 5.74) is 1.56. The Morgan fingerprint density at radius 2 is 1.97 bits per heavy atom. The number of imidazole rings is 1. The van der Waals surface area contributed by atoms with Gasteiger partial charge in [0.25, 0.3) is 0 Å². The van der Waals surface area contributed by atoms with Gasteiger partial charge in [-0.05, 0) is 49.9 Å². The van der Waals surface area contributed by atoms with Crippen LogP contribution in [0.1, 0.15) is 31.5 Å². The van der Waals surface area contributed by atoms with Crippen molar-refractivity contribution in [2.75, 3.05) is 23.8 Å². The summed E-state index contributed by atoms with van der Waals surface area (Å²) < 4.78 is 15.0. The van der Waals surface area contributed by atoms with E-state index in [1.807, 2.05) is 17.7 Å². The smallest absolute Gasteiger partial charge is 0.325 e. The molecular weight excluding hydrogens is 433 g/mol. The van der Waals surface area contributed by atoms with Gasteiger partial charge < -0.3 is 14.8 Å². The topological polar surface area (TPSA) is 79.2 Å². The van der Waals surface area contributed by atoms with Gasteiger partial charge in [0.05, 0.1) is 24.1 Å². The Bertz CT molecular complexity index is 1150. The van der Waals surface area contributed by atoms with E-state index in [4.69, 9.17) is 11.6 Å². The minimum absolute atomic E-state index is 0.0753. The average molecular weight is 456 g/mol. The van der Waals surface area contributed by atoms with Crippen LogP contribution in [0.5, 0.6) is 0 Å². The molecule has 8 nitrogen and oxygen atoms in total. The van der Waals surface area contributed by atoms with Gasteiger partial charge in [-0.15, -0.1) is 0 Å². The lowest BCUT2D eigenvalue weighted by atomic mass is 10.2. The lowest BCUT2D eigenvalue weighted by Gasteiger charge is -2.23. The standard InChI is InChI=1S/C22H23ClFN7O/c1-13(17-10-30(12-25-17)16-7-5-15(24)6-8-16)26-21-27-19(23)9-20(28-21)31-18(14-3-4-14)11-29(2)22(31)32/h5-10,12-14,18H,3-4,11H2,1-2H3,(H,26,27,28)/t13?,18-/m1/s1. The minimum atomic E-state index is -0.287. The van der Waals surface area contributed by atoms with E-state index < -0.39 is 0 Å². The highest BCUT2D eigenvalue weighted by atomic mass is 35.5. The van der Waals surface area contributed by atoms with Crippen molar-refractivity contribution in [1.82, 2.24) is 24.4 Å². The number of rotatable bonds is 6. The van der Waals surface area contributed by atoms with E-state index >= 15 is 0 Å². The van der Waals surface area contributed by atoms with E-state index in [0.29, 0.717) is 24.2 Å². The van der Waals surface area contributed by atoms with E-state index in [1.54, 1.807) is 41.4 Å². The third kappa shape index (κ3) is 4.00. The number of urea groups is 1. The summed E-state index contributed by atoms with van der Waals surface area (Å²) >= 11 is 6.29. The number of amides is 2. The highest BCUT2D eigenvalue weighted by Crippen LogP contribution is 2.40. The Morgan fingerprint density at radius 1 is 1.22 bits per heavy atom. The zero-order chi connectivity index (χ0) is 22.4. The fourth-order valence-electron chi connectivity index (χ4n) is 4.05. The molecular formula is C22H23ClFN7O. The van der Waals surface area contributed by atoms with Gasteiger partial charge in [0.2, 0.25) is 5.95 Å². The van der Waals surface area contributed by atoms with Crippen molar-refractivity contribution in [1.29, 1.82) is 0 Å². The van der Waals surface area contributed by atoms with Crippen molar-refractivity contribution in [2.45, 2.75) is 31.8 Å². The molecule has 0 spiro atoms. The fraction of sp³-hybridized carbons (Fsp3) is 0.364. The van der Waals surface area contributed by atoms with Crippen LogP contribution in [-0.4, -0.2) is 50.1 Å². The molecule has 5 rings (SSSR count). The summed E-state index contributed by atoms with van der Waals surface area (Å²) in [6.07, 6.45) is 5.78. The number of anilines is 2. The number of carbonyl (C=O) groups is 1. The van der Waals surface area contributed by atoms with E-state index in [2.05, 4.69) is 20.3 Å². The highest BCUT2D eigenvalue weighted by molar-refractivity contribution is 6.29. The maximum atomic E-state index is 13.2. The fourth-order valence-corrected chi connectivity index (χ4v) is 4.23. The average Bonchev–Trinajstić information content (AvgIpc) is 3.40. The molecule has 2 fully saturated rings. The van der Waals surface area contributed by atoms with Crippen molar-refractivity contribution in [3.05, 3.63) is 59.5 Å². The molecule has 1 saturated carbocycles. The summed E-state index contributed by atoms with van der Waals surface area (Å²) in [6, 6.07) is 7.63. The Balaban J connectivity index is 1.36. The molecule has 2 aliphatic rings. The predicted octanol–water partition coefficient (Wildman–Crippen LogP) is 4.28. The zero-order valence-electron chi connectivity index (χ0n) is 17.7. The first-order valence-corrected chi connectivity index (χ1v) is 10.9. The molecule has 1 unspecified atom stereocenters. The normalized spacial score (nSPS) is 19.5. The number of nitrogens with one attached hydrogen (secondary N) is 1. The van der Waals surface area contributed by atoms with Gasteiger partial charge in [-0.25, -0.2) is 19.2 Å². The Kier molecular flexibility index (Phi) is 5.21. The lowest BCUT2D eigenvalue weighted by molar-refractivity contribution is 0.229. The second kappa shape index (κ2) is 8.05. The van der Waals surface area contributed by atoms with E-state index in [-0.39, 0.29) is 29.1 Å². The molecule has 10 heteroatoms. The van der Waals surface area contributed by atoms with Crippen LogP contribution in [-0.2, 0) is 0 Å². The number of hydrogen-bond acceptors (Lipinski definition) is 5. The number of nitrogens with zero attached hydrogens (tertiary/aromatic N) is 6. The van der Waals surface area contributed by atoms with Crippen molar-refractivity contribution in [3.8, 4) is 5.69 Å². The molecule has 3 aromatic rings. The quantitative estimate of drug-likeness (QED) is 0.561. The monoisotopic (exact) mass is 455 g/mol. The first kappa shape index (κ1) is 20.7. The first-order chi connectivity index (χ1) is 15.4. The second-order valence-corrected chi connectivity index (χ2v) is 8.75. The molecule has 3 heterocycles. The van der Waals surface area contributed by atoms with Crippen molar-refractivity contribution in [3.63, 3.8) is 0 Å². The minimum Gasteiger partial charge on any atom is -0.346 e. The first-order valence-electron chi connectivity index (χ1n) is 10.5. The van der Waals surface area contributed by atoms with Gasteiger partial charge in [-0.3, -0.25) is 4.90 Å². The van der Waals surface area contributed by atoms with E-state index in [9.17, 15) is 9.18 Å². The number of aromatic nitrogens is 4. The molecule has 1 saturated heterocycles. The number of carbonyl (C=O) groups excluding carboxylic acids is 1. The van der Waals surface area contributed by atoms with Crippen LogP contribution in [0, 0.1) is 11.7 Å². The molecule has 32 heavy (non-hydrogen) atoms. The molecule has 1 N–H and O–H groups in total. The third-order valence-electron chi connectivity index (χ3n) is 5.94. The SMILES string of the molecule is CC(Nc1nc(Cl)cc(N2C(=O)N(C)C[C@@H]2C2CC2)n1)c1cn(-c2ccc(F)cc2)cn1. The highest BCUT2D eigenvalue weighted by Gasteiger charge is 2.45. The Labute approximate surface area is 190 Å².